The van der Waals surface area contributed by atoms with Crippen molar-refractivity contribution in [2.75, 3.05) is 13.1 Å². The van der Waals surface area contributed by atoms with Gasteiger partial charge in [-0.3, -0.25) is 4.79 Å². The Kier molecular flexibility index (Phi) is 16.0. The zero-order chi connectivity index (χ0) is 43.2. The number of amides is 1. The summed E-state index contributed by atoms with van der Waals surface area (Å²) in [6.07, 6.45) is 19.1. The van der Waals surface area contributed by atoms with Gasteiger partial charge in [-0.1, -0.05) is 113 Å². The fourth-order valence-corrected chi connectivity index (χ4v) is 8.74. The highest BCUT2D eigenvalue weighted by Gasteiger charge is 2.40. The summed E-state index contributed by atoms with van der Waals surface area (Å²) in [7, 11) is 0. The molecule has 8 rings (SSSR count). The van der Waals surface area contributed by atoms with E-state index in [2.05, 4.69) is 42.8 Å². The zero-order valence-electron chi connectivity index (χ0n) is 36.0. The lowest BCUT2D eigenvalue weighted by Crippen LogP contribution is -2.40. The monoisotopic (exact) mass is 824 g/mol. The molecule has 320 valence electrons. The minimum absolute atomic E-state index is 0.0163. The van der Waals surface area contributed by atoms with Crippen LogP contribution >= 0.6 is 0 Å². The van der Waals surface area contributed by atoms with Gasteiger partial charge in [-0.15, -0.1) is 0 Å². The summed E-state index contributed by atoms with van der Waals surface area (Å²) in [5, 5.41) is 12.0. The van der Waals surface area contributed by atoms with Crippen LogP contribution in [0.25, 0.3) is 0 Å². The van der Waals surface area contributed by atoms with E-state index in [0.717, 1.165) is 42.3 Å². The molecule has 4 fully saturated rings. The van der Waals surface area contributed by atoms with Crippen LogP contribution in [0.1, 0.15) is 147 Å². The molecular weight excluding hydrogens is 763 g/mol. The Morgan fingerprint density at radius 2 is 1.02 bits per heavy atom. The maximum atomic E-state index is 13.7. The van der Waals surface area contributed by atoms with Crippen molar-refractivity contribution in [2.24, 2.45) is 40.2 Å². The maximum absolute atomic E-state index is 13.7. The van der Waals surface area contributed by atoms with Gasteiger partial charge in [-0.2, -0.15) is 0 Å². The molecule has 61 heavy (non-hydrogen) atoms. The van der Waals surface area contributed by atoms with Crippen LogP contribution in [0.15, 0.2) is 97.1 Å². The minimum Gasteiger partial charge on any atom is -0.478 e. The number of nitrogens with two attached hydrogens (primary N) is 1. The van der Waals surface area contributed by atoms with Gasteiger partial charge in [0.25, 0.3) is 5.91 Å². The molecule has 0 radical (unpaired) electrons. The predicted octanol–water partition coefficient (Wildman–Crippen LogP) is 11.8. The third-order valence-electron chi connectivity index (χ3n) is 13.3. The molecule has 0 aliphatic heterocycles. The van der Waals surface area contributed by atoms with E-state index >= 15 is 0 Å². The van der Waals surface area contributed by atoms with E-state index in [1.54, 1.807) is 60.7 Å². The van der Waals surface area contributed by atoms with E-state index in [4.69, 9.17) is 10.8 Å². The summed E-state index contributed by atoms with van der Waals surface area (Å²) in [5.74, 6) is 13.3. The number of rotatable bonds is 9. The molecular formula is C54H62F2N2O3. The molecule has 5 nitrogen and oxygen atoms in total. The van der Waals surface area contributed by atoms with Crippen LogP contribution in [0.3, 0.4) is 0 Å². The van der Waals surface area contributed by atoms with Crippen molar-refractivity contribution in [3.05, 3.63) is 142 Å². The normalized spacial score (nSPS) is 22.9. The van der Waals surface area contributed by atoms with Gasteiger partial charge in [0.2, 0.25) is 0 Å². The molecule has 0 atom stereocenters. The average molecular weight is 825 g/mol. The fraction of sp³-hybridized carbons (Fsp3) is 0.444. The van der Waals surface area contributed by atoms with Crippen LogP contribution in [0, 0.1) is 69.8 Å². The zero-order valence-corrected chi connectivity index (χ0v) is 36.0. The van der Waals surface area contributed by atoms with Gasteiger partial charge in [0.15, 0.2) is 0 Å². The lowest BCUT2D eigenvalue weighted by molar-refractivity contribution is 0.0696. The minimum atomic E-state index is -0.983. The van der Waals surface area contributed by atoms with Gasteiger partial charge >= 0.3 is 5.97 Å². The van der Waals surface area contributed by atoms with Gasteiger partial charge < -0.3 is 16.2 Å². The van der Waals surface area contributed by atoms with Crippen molar-refractivity contribution in [2.45, 2.75) is 104 Å². The lowest BCUT2D eigenvalue weighted by Gasteiger charge is -2.40. The standard InChI is InChI=1S/C27H30FNO.C15H9FO2.C12H23N/c1-20-14-16-27(17-15-20,18-22-6-7-22)19-29-26(30)24-12-9-21(10-13-24)8-11-23-4-2-3-5-25(23)28;16-14-4-2-1-3-12(14)8-5-11-6-9-13(10-7-11)15(17)18;1-10-4-6-12(9-13,7-5-10)8-11-2-3-11/h2-5,9-10,12-13,20,22H,6-7,14-19H2,1H3,(H,29,30);1-4,6-7,9-10H,(H,17,18);10-11H,2-9,13H2,1H3. The van der Waals surface area contributed by atoms with Crippen molar-refractivity contribution in [1.29, 1.82) is 0 Å². The summed E-state index contributed by atoms with van der Waals surface area (Å²) < 4.78 is 27.0. The SMILES string of the molecule is CC1CCC(CN)(CC2CC2)CC1.CC1CCC(CNC(=O)c2ccc(C#Cc3ccccc3F)cc2)(CC2CC2)CC1.O=C(O)c1ccc(C#Cc2ccccc2F)cc1. The van der Waals surface area contributed by atoms with Crippen molar-refractivity contribution in [3.63, 3.8) is 0 Å². The Balaban J connectivity index is 0.000000170. The van der Waals surface area contributed by atoms with Gasteiger partial charge in [-0.05, 0) is 152 Å². The molecule has 4 aliphatic rings. The number of carboxylic acid groups (broad SMARTS) is 1. The molecule has 4 N–H and O–H groups in total. The van der Waals surface area contributed by atoms with Crippen molar-refractivity contribution in [3.8, 4) is 23.7 Å². The molecule has 0 bridgehead atoms. The molecule has 0 heterocycles. The highest BCUT2D eigenvalue weighted by atomic mass is 19.1. The maximum Gasteiger partial charge on any atom is 0.335 e. The number of carbonyl (C=O) groups excluding carboxylic acids is 1. The van der Waals surface area contributed by atoms with E-state index in [-0.39, 0.29) is 28.5 Å². The first-order chi connectivity index (χ1) is 29.4. The number of hydrogen-bond donors (Lipinski definition) is 3. The number of halogens is 2. The van der Waals surface area contributed by atoms with Gasteiger partial charge in [0, 0.05) is 23.2 Å². The highest BCUT2D eigenvalue weighted by molar-refractivity contribution is 5.94. The first-order valence-corrected chi connectivity index (χ1v) is 22.4. The fourth-order valence-electron chi connectivity index (χ4n) is 8.74. The Morgan fingerprint density at radius 1 is 0.607 bits per heavy atom. The van der Waals surface area contributed by atoms with E-state index in [9.17, 15) is 18.4 Å². The van der Waals surface area contributed by atoms with Gasteiger partial charge in [-0.25, -0.2) is 13.6 Å². The molecule has 0 spiro atoms. The second-order valence-electron chi connectivity index (χ2n) is 18.5. The summed E-state index contributed by atoms with van der Waals surface area (Å²) >= 11 is 0. The van der Waals surface area contributed by atoms with Crippen molar-refractivity contribution in [1.82, 2.24) is 5.32 Å². The topological polar surface area (TPSA) is 92.4 Å². The van der Waals surface area contributed by atoms with Crippen LogP contribution in [-0.2, 0) is 0 Å². The predicted molar refractivity (Wildman–Crippen MR) is 241 cm³/mol. The molecule has 1 amide bonds. The molecule has 4 saturated carbocycles. The molecule has 4 aliphatic carbocycles. The second-order valence-corrected chi connectivity index (χ2v) is 18.5. The van der Waals surface area contributed by atoms with E-state index in [0.29, 0.717) is 27.7 Å². The number of nitrogens with one attached hydrogen (secondary N) is 1. The van der Waals surface area contributed by atoms with Crippen LogP contribution in [0.5, 0.6) is 0 Å². The lowest BCUT2D eigenvalue weighted by atomic mass is 9.68. The summed E-state index contributed by atoms with van der Waals surface area (Å²) in [4.78, 5) is 23.4. The van der Waals surface area contributed by atoms with Crippen LogP contribution in [0.2, 0.25) is 0 Å². The Morgan fingerprint density at radius 3 is 1.43 bits per heavy atom. The van der Waals surface area contributed by atoms with E-state index in [1.807, 2.05) is 12.1 Å². The van der Waals surface area contributed by atoms with E-state index in [1.165, 1.54) is 114 Å². The average Bonchev–Trinajstić information content (AvgIpc) is 4.24. The van der Waals surface area contributed by atoms with Gasteiger partial charge in [0.05, 0.1) is 16.7 Å². The Labute approximate surface area is 362 Å². The van der Waals surface area contributed by atoms with E-state index < -0.39 is 5.97 Å². The number of carboxylic acids is 1. The largest absolute Gasteiger partial charge is 0.478 e. The number of hydrogen-bond acceptors (Lipinski definition) is 3. The Bertz CT molecular complexity index is 2190. The molecule has 4 aromatic carbocycles. The smallest absolute Gasteiger partial charge is 0.335 e. The first kappa shape index (κ1) is 45.3. The second kappa shape index (κ2) is 21.5. The van der Waals surface area contributed by atoms with Crippen molar-refractivity contribution >= 4 is 11.9 Å². The molecule has 0 aromatic heterocycles. The number of aromatic carboxylic acids is 1. The highest BCUT2D eigenvalue weighted by Crippen LogP contribution is 2.49. The number of benzene rings is 4. The summed E-state index contributed by atoms with van der Waals surface area (Å²) in [5.41, 5.74) is 9.76. The van der Waals surface area contributed by atoms with Crippen LogP contribution < -0.4 is 11.1 Å². The number of carbonyl (C=O) groups is 2. The Hall–Kier alpha value is -5.24. The third kappa shape index (κ3) is 14.2. The van der Waals surface area contributed by atoms with Gasteiger partial charge in [0.1, 0.15) is 11.6 Å². The van der Waals surface area contributed by atoms with Crippen molar-refractivity contribution < 1.29 is 23.5 Å². The molecule has 7 heteroatoms. The molecule has 0 unspecified atom stereocenters. The summed E-state index contributed by atoms with van der Waals surface area (Å²) in [6, 6.07) is 26.1. The third-order valence-corrected chi connectivity index (χ3v) is 13.3. The quantitative estimate of drug-likeness (QED) is 0.147. The first-order valence-electron chi connectivity index (χ1n) is 22.4. The molecule has 4 aromatic rings. The molecule has 0 saturated heterocycles. The van der Waals surface area contributed by atoms with Crippen LogP contribution in [0.4, 0.5) is 8.78 Å². The van der Waals surface area contributed by atoms with Crippen LogP contribution in [-0.4, -0.2) is 30.1 Å². The summed E-state index contributed by atoms with van der Waals surface area (Å²) in [6.45, 7) is 6.45.